The van der Waals surface area contributed by atoms with Crippen molar-refractivity contribution in [3.8, 4) is 11.5 Å². The Morgan fingerprint density at radius 1 is 0.846 bits per heavy atom. The Morgan fingerprint density at radius 3 is 2.23 bits per heavy atom. The highest BCUT2D eigenvalue weighted by molar-refractivity contribution is 5.97. The number of ether oxygens (including phenoxy) is 2. The minimum atomic E-state index is -0.574. The van der Waals surface area contributed by atoms with Gasteiger partial charge in [0.1, 0.15) is 24.1 Å². The van der Waals surface area contributed by atoms with Gasteiger partial charge in [-0.25, -0.2) is 0 Å². The molecule has 206 valence electrons. The van der Waals surface area contributed by atoms with Crippen molar-refractivity contribution in [2.45, 2.75) is 51.2 Å². The Kier molecular flexibility index (Phi) is 10.6. The monoisotopic (exact) mass is 529 g/mol. The lowest BCUT2D eigenvalue weighted by Crippen LogP contribution is -2.48. The first kappa shape index (κ1) is 28.0. The van der Waals surface area contributed by atoms with Crippen molar-refractivity contribution in [1.82, 2.24) is 10.6 Å². The number of carbonyl (C=O) groups excluding carboxylic acids is 2. The first-order chi connectivity index (χ1) is 19.1. The van der Waals surface area contributed by atoms with Crippen molar-refractivity contribution >= 4 is 17.5 Å². The topological polar surface area (TPSA) is 88.7 Å². The highest BCUT2D eigenvalue weighted by atomic mass is 16.5. The van der Waals surface area contributed by atoms with Gasteiger partial charge in [0.15, 0.2) is 0 Å². The molecule has 2 amide bonds. The minimum Gasteiger partial charge on any atom is -0.497 e. The van der Waals surface area contributed by atoms with Crippen LogP contribution < -0.4 is 25.4 Å². The second kappa shape index (κ2) is 14.8. The molecule has 7 nitrogen and oxygen atoms in total. The summed E-state index contributed by atoms with van der Waals surface area (Å²) < 4.78 is 11.0. The van der Waals surface area contributed by atoms with Crippen molar-refractivity contribution in [3.05, 3.63) is 90.0 Å². The normalized spacial score (nSPS) is 14.2. The van der Waals surface area contributed by atoms with Gasteiger partial charge >= 0.3 is 0 Å². The molecule has 3 N–H and O–H groups in total. The SMILES string of the molecule is COc1ccc(NCCNC(=O)C(CC2CCCCC2)NC(=O)c2ccc(OCc3ccccc3)cc2)cc1. The van der Waals surface area contributed by atoms with Crippen molar-refractivity contribution in [1.29, 1.82) is 0 Å². The van der Waals surface area contributed by atoms with Gasteiger partial charge in [0.25, 0.3) is 5.91 Å². The van der Waals surface area contributed by atoms with E-state index < -0.39 is 6.04 Å². The predicted octanol–water partition coefficient (Wildman–Crippen LogP) is 5.57. The fourth-order valence-corrected chi connectivity index (χ4v) is 4.90. The number of rotatable bonds is 13. The van der Waals surface area contributed by atoms with Crippen molar-refractivity contribution < 1.29 is 19.1 Å². The molecule has 1 fully saturated rings. The van der Waals surface area contributed by atoms with Gasteiger partial charge in [-0.2, -0.15) is 0 Å². The summed E-state index contributed by atoms with van der Waals surface area (Å²) in [7, 11) is 1.64. The second-order valence-electron chi connectivity index (χ2n) is 10.0. The molecule has 3 aromatic carbocycles. The highest BCUT2D eigenvalue weighted by Crippen LogP contribution is 2.27. The summed E-state index contributed by atoms with van der Waals surface area (Å²) >= 11 is 0. The van der Waals surface area contributed by atoms with Crippen LogP contribution in [0, 0.1) is 5.92 Å². The number of hydrogen-bond acceptors (Lipinski definition) is 5. The molecular formula is C32H39N3O4. The lowest BCUT2D eigenvalue weighted by Gasteiger charge is -2.26. The third-order valence-corrected chi connectivity index (χ3v) is 7.12. The van der Waals surface area contributed by atoms with Gasteiger partial charge in [-0.15, -0.1) is 0 Å². The molecule has 3 aromatic rings. The summed E-state index contributed by atoms with van der Waals surface area (Å²) in [5.74, 6) is 1.53. The number of hydrogen-bond donors (Lipinski definition) is 3. The Hall–Kier alpha value is -4.00. The molecule has 1 saturated carbocycles. The van der Waals surface area contributed by atoms with Crippen LogP contribution in [0.4, 0.5) is 5.69 Å². The first-order valence-electron chi connectivity index (χ1n) is 13.8. The van der Waals surface area contributed by atoms with Crippen LogP contribution in [0.25, 0.3) is 0 Å². The average molecular weight is 530 g/mol. The number of methoxy groups -OCH3 is 1. The highest BCUT2D eigenvalue weighted by Gasteiger charge is 2.26. The Morgan fingerprint density at radius 2 is 1.54 bits per heavy atom. The molecule has 0 heterocycles. The van der Waals surface area contributed by atoms with Crippen LogP contribution >= 0.6 is 0 Å². The zero-order valence-electron chi connectivity index (χ0n) is 22.7. The molecule has 0 aliphatic heterocycles. The van der Waals surface area contributed by atoms with Gasteiger partial charge in [-0.1, -0.05) is 62.4 Å². The van der Waals surface area contributed by atoms with Gasteiger partial charge in [0.05, 0.1) is 7.11 Å². The molecular weight excluding hydrogens is 490 g/mol. The maximum Gasteiger partial charge on any atom is 0.251 e. The van der Waals surface area contributed by atoms with E-state index in [-0.39, 0.29) is 11.8 Å². The molecule has 0 saturated heterocycles. The van der Waals surface area contributed by atoms with E-state index in [2.05, 4.69) is 16.0 Å². The molecule has 0 spiro atoms. The number of amides is 2. The smallest absolute Gasteiger partial charge is 0.251 e. The van der Waals surface area contributed by atoms with E-state index in [4.69, 9.17) is 9.47 Å². The molecule has 7 heteroatoms. The van der Waals surface area contributed by atoms with Gasteiger partial charge in [-0.05, 0) is 66.4 Å². The van der Waals surface area contributed by atoms with Crippen LogP contribution in [0.1, 0.15) is 54.4 Å². The number of anilines is 1. The third kappa shape index (κ3) is 9.06. The standard InChI is InChI=1S/C32H39N3O4/c1-38-28-18-14-27(15-19-28)33-20-21-34-32(37)30(22-24-8-4-2-5-9-24)35-31(36)26-12-16-29(17-13-26)39-23-25-10-6-3-7-11-25/h3,6-7,10-19,24,30,33H,2,4-5,8-9,20-23H2,1H3,(H,34,37)(H,35,36). The van der Waals surface area contributed by atoms with E-state index in [1.807, 2.05) is 54.6 Å². The van der Waals surface area contributed by atoms with Gasteiger partial charge in [-0.3, -0.25) is 9.59 Å². The summed E-state index contributed by atoms with van der Waals surface area (Å²) in [5.41, 5.74) is 2.54. The summed E-state index contributed by atoms with van der Waals surface area (Å²) in [6.45, 7) is 1.49. The largest absolute Gasteiger partial charge is 0.497 e. The van der Waals surface area contributed by atoms with E-state index >= 15 is 0 Å². The second-order valence-corrected chi connectivity index (χ2v) is 10.0. The Bertz CT molecular complexity index is 1160. The zero-order valence-corrected chi connectivity index (χ0v) is 22.7. The molecule has 1 aliphatic rings. The number of carbonyl (C=O) groups is 2. The quantitative estimate of drug-likeness (QED) is 0.252. The van der Waals surface area contributed by atoms with Gasteiger partial charge in [0.2, 0.25) is 5.91 Å². The van der Waals surface area contributed by atoms with E-state index in [9.17, 15) is 9.59 Å². The van der Waals surface area contributed by atoms with Crippen LogP contribution in [0.15, 0.2) is 78.9 Å². The van der Waals surface area contributed by atoms with Crippen LogP contribution in [0.2, 0.25) is 0 Å². The van der Waals surface area contributed by atoms with Crippen LogP contribution in [-0.4, -0.2) is 38.1 Å². The molecule has 1 unspecified atom stereocenters. The maximum absolute atomic E-state index is 13.2. The fraction of sp³-hybridized carbons (Fsp3) is 0.375. The molecule has 1 aliphatic carbocycles. The van der Waals surface area contributed by atoms with Crippen molar-refractivity contribution in [2.75, 3.05) is 25.5 Å². The molecule has 0 bridgehead atoms. The Balaban J connectivity index is 1.30. The van der Waals surface area contributed by atoms with Crippen molar-refractivity contribution in [2.24, 2.45) is 5.92 Å². The Labute approximate surface area is 231 Å². The molecule has 1 atom stereocenters. The van der Waals surface area contributed by atoms with Crippen LogP contribution in [-0.2, 0) is 11.4 Å². The number of nitrogens with one attached hydrogen (secondary N) is 3. The third-order valence-electron chi connectivity index (χ3n) is 7.12. The molecule has 0 aromatic heterocycles. The minimum absolute atomic E-state index is 0.145. The maximum atomic E-state index is 13.2. The van der Waals surface area contributed by atoms with E-state index in [1.165, 1.54) is 19.3 Å². The first-order valence-corrected chi connectivity index (χ1v) is 13.8. The lowest BCUT2D eigenvalue weighted by molar-refractivity contribution is -0.123. The van der Waals surface area contributed by atoms with Gasteiger partial charge < -0.3 is 25.4 Å². The summed E-state index contributed by atoms with van der Waals surface area (Å²) in [6.07, 6.45) is 6.47. The summed E-state index contributed by atoms with van der Waals surface area (Å²) in [5, 5.41) is 9.30. The van der Waals surface area contributed by atoms with Gasteiger partial charge in [0, 0.05) is 24.3 Å². The average Bonchev–Trinajstić information content (AvgIpc) is 2.99. The van der Waals surface area contributed by atoms with Crippen molar-refractivity contribution in [3.63, 3.8) is 0 Å². The predicted molar refractivity (Wildman–Crippen MR) is 154 cm³/mol. The lowest BCUT2D eigenvalue weighted by atomic mass is 9.84. The number of benzene rings is 3. The molecule has 39 heavy (non-hydrogen) atoms. The van der Waals surface area contributed by atoms with E-state index in [0.717, 1.165) is 29.8 Å². The summed E-state index contributed by atoms with van der Waals surface area (Å²) in [4.78, 5) is 26.3. The van der Waals surface area contributed by atoms with E-state index in [1.54, 1.807) is 31.4 Å². The fourth-order valence-electron chi connectivity index (χ4n) is 4.90. The van der Waals surface area contributed by atoms with Crippen LogP contribution in [0.5, 0.6) is 11.5 Å². The molecule has 0 radical (unpaired) electrons. The van der Waals surface area contributed by atoms with E-state index in [0.29, 0.717) is 43.3 Å². The summed E-state index contributed by atoms with van der Waals surface area (Å²) in [6, 6.07) is 24.1. The van der Waals surface area contributed by atoms with Crippen LogP contribution in [0.3, 0.4) is 0 Å². The molecule has 4 rings (SSSR count). The zero-order chi connectivity index (χ0) is 27.3.